The standard InChI is InChI=1S/C14H11NO3S/c16-13(6-5-10-7-8-19-9-10)15-12-4-2-1-3-11(12)14(17)18/h1-9H,(H,15,16)(H,17,18). The van der Waals surface area contributed by atoms with Gasteiger partial charge in [0.1, 0.15) is 0 Å². The summed E-state index contributed by atoms with van der Waals surface area (Å²) in [7, 11) is 0. The summed E-state index contributed by atoms with van der Waals surface area (Å²) in [5.74, 6) is -1.43. The number of para-hydroxylation sites is 1. The molecule has 5 heteroatoms. The van der Waals surface area contributed by atoms with Gasteiger partial charge in [0.25, 0.3) is 0 Å². The second-order valence-electron chi connectivity index (χ2n) is 3.73. The van der Waals surface area contributed by atoms with Gasteiger partial charge in [0.2, 0.25) is 5.91 Å². The van der Waals surface area contributed by atoms with E-state index in [0.29, 0.717) is 0 Å². The van der Waals surface area contributed by atoms with Gasteiger partial charge >= 0.3 is 5.97 Å². The number of amides is 1. The van der Waals surface area contributed by atoms with E-state index in [1.807, 2.05) is 16.8 Å². The van der Waals surface area contributed by atoms with Crippen molar-refractivity contribution in [1.29, 1.82) is 0 Å². The number of aromatic carboxylic acids is 1. The number of carbonyl (C=O) groups excluding carboxylic acids is 1. The van der Waals surface area contributed by atoms with E-state index >= 15 is 0 Å². The zero-order valence-electron chi connectivity index (χ0n) is 9.87. The molecular weight excluding hydrogens is 262 g/mol. The first-order valence-corrected chi connectivity index (χ1v) is 6.44. The minimum atomic E-state index is -1.07. The number of benzene rings is 1. The van der Waals surface area contributed by atoms with Crippen molar-refractivity contribution in [2.45, 2.75) is 0 Å². The predicted octanol–water partition coefficient (Wildman–Crippen LogP) is 3.10. The minimum Gasteiger partial charge on any atom is -0.478 e. The molecule has 1 heterocycles. The highest BCUT2D eigenvalue weighted by atomic mass is 32.1. The van der Waals surface area contributed by atoms with Crippen LogP contribution in [0.25, 0.3) is 6.08 Å². The van der Waals surface area contributed by atoms with Crippen LogP contribution in [0.15, 0.2) is 47.2 Å². The topological polar surface area (TPSA) is 66.4 Å². The maximum atomic E-state index is 11.7. The van der Waals surface area contributed by atoms with E-state index in [-0.39, 0.29) is 17.2 Å². The summed E-state index contributed by atoms with van der Waals surface area (Å²) in [6, 6.07) is 8.17. The molecule has 0 aliphatic carbocycles. The van der Waals surface area contributed by atoms with Crippen molar-refractivity contribution < 1.29 is 14.7 Å². The summed E-state index contributed by atoms with van der Waals surface area (Å²) < 4.78 is 0. The van der Waals surface area contributed by atoms with Crippen molar-refractivity contribution in [3.63, 3.8) is 0 Å². The average molecular weight is 273 g/mol. The van der Waals surface area contributed by atoms with E-state index in [1.54, 1.807) is 35.6 Å². The molecule has 96 valence electrons. The fourth-order valence-corrected chi connectivity index (χ4v) is 2.12. The average Bonchev–Trinajstić information content (AvgIpc) is 2.90. The second kappa shape index (κ2) is 5.97. The van der Waals surface area contributed by atoms with Gasteiger partial charge in [0.15, 0.2) is 0 Å². The van der Waals surface area contributed by atoms with Gasteiger partial charge in [0.05, 0.1) is 11.3 Å². The first-order chi connectivity index (χ1) is 9.16. The summed E-state index contributed by atoms with van der Waals surface area (Å²) >= 11 is 1.54. The molecule has 2 rings (SSSR count). The van der Waals surface area contributed by atoms with E-state index < -0.39 is 5.97 Å². The Morgan fingerprint density at radius 3 is 2.68 bits per heavy atom. The van der Waals surface area contributed by atoms with Crippen molar-refractivity contribution in [1.82, 2.24) is 0 Å². The molecule has 1 aromatic carbocycles. The molecule has 0 saturated heterocycles. The molecule has 1 aromatic heterocycles. The van der Waals surface area contributed by atoms with Gasteiger partial charge < -0.3 is 10.4 Å². The predicted molar refractivity (Wildman–Crippen MR) is 75.4 cm³/mol. The zero-order chi connectivity index (χ0) is 13.7. The first-order valence-electron chi connectivity index (χ1n) is 5.50. The van der Waals surface area contributed by atoms with Crippen molar-refractivity contribution in [2.24, 2.45) is 0 Å². The van der Waals surface area contributed by atoms with Crippen LogP contribution in [0.5, 0.6) is 0 Å². The number of thiophene rings is 1. The normalized spacial score (nSPS) is 10.5. The van der Waals surface area contributed by atoms with Crippen LogP contribution in [0.4, 0.5) is 5.69 Å². The Labute approximate surface area is 114 Å². The molecule has 2 aromatic rings. The molecule has 0 atom stereocenters. The fourth-order valence-electron chi connectivity index (χ4n) is 1.49. The molecule has 0 saturated carbocycles. The highest BCUT2D eigenvalue weighted by Crippen LogP contribution is 2.15. The molecule has 0 radical (unpaired) electrons. The number of rotatable bonds is 4. The largest absolute Gasteiger partial charge is 0.478 e. The number of anilines is 1. The number of hydrogen-bond acceptors (Lipinski definition) is 3. The number of hydrogen-bond donors (Lipinski definition) is 2. The summed E-state index contributed by atoms with van der Waals surface area (Å²) in [6.45, 7) is 0. The van der Waals surface area contributed by atoms with E-state index in [9.17, 15) is 9.59 Å². The lowest BCUT2D eigenvalue weighted by atomic mass is 10.2. The lowest BCUT2D eigenvalue weighted by Gasteiger charge is -2.05. The number of carbonyl (C=O) groups is 2. The van der Waals surface area contributed by atoms with Gasteiger partial charge in [-0.3, -0.25) is 4.79 Å². The Kier molecular flexibility index (Phi) is 4.10. The van der Waals surface area contributed by atoms with Crippen molar-refractivity contribution in [2.75, 3.05) is 5.32 Å². The maximum absolute atomic E-state index is 11.7. The first kappa shape index (κ1) is 13.0. The number of nitrogens with one attached hydrogen (secondary N) is 1. The quantitative estimate of drug-likeness (QED) is 0.841. The van der Waals surface area contributed by atoms with E-state index in [1.165, 1.54) is 12.1 Å². The van der Waals surface area contributed by atoms with Gasteiger partial charge in [-0.2, -0.15) is 11.3 Å². The summed E-state index contributed by atoms with van der Waals surface area (Å²) in [4.78, 5) is 22.7. The Balaban J connectivity index is 2.09. The fraction of sp³-hybridized carbons (Fsp3) is 0. The van der Waals surface area contributed by atoms with Crippen LogP contribution in [0.3, 0.4) is 0 Å². The Hall–Kier alpha value is -2.40. The molecule has 0 unspecified atom stereocenters. The molecule has 0 aliphatic heterocycles. The smallest absolute Gasteiger partial charge is 0.337 e. The lowest BCUT2D eigenvalue weighted by molar-refractivity contribution is -0.111. The monoisotopic (exact) mass is 273 g/mol. The third kappa shape index (κ3) is 3.53. The van der Waals surface area contributed by atoms with Crippen molar-refractivity contribution in [3.8, 4) is 0 Å². The summed E-state index contributed by atoms with van der Waals surface area (Å²) in [5, 5.41) is 15.4. The van der Waals surface area contributed by atoms with E-state index in [0.717, 1.165) is 5.56 Å². The zero-order valence-corrected chi connectivity index (χ0v) is 10.7. The highest BCUT2D eigenvalue weighted by molar-refractivity contribution is 7.08. The van der Waals surface area contributed by atoms with Crippen LogP contribution in [0, 0.1) is 0 Å². The van der Waals surface area contributed by atoms with Gasteiger partial charge in [-0.1, -0.05) is 12.1 Å². The van der Waals surface area contributed by atoms with E-state index in [2.05, 4.69) is 5.32 Å². The number of carboxylic acid groups (broad SMARTS) is 1. The van der Waals surface area contributed by atoms with Crippen LogP contribution in [-0.4, -0.2) is 17.0 Å². The van der Waals surface area contributed by atoms with Crippen molar-refractivity contribution in [3.05, 3.63) is 58.3 Å². The molecule has 4 nitrogen and oxygen atoms in total. The molecule has 0 aliphatic rings. The third-order valence-corrected chi connectivity index (χ3v) is 3.09. The highest BCUT2D eigenvalue weighted by Gasteiger charge is 2.09. The van der Waals surface area contributed by atoms with Gasteiger partial charge in [-0.15, -0.1) is 0 Å². The van der Waals surface area contributed by atoms with Crippen LogP contribution in [0.2, 0.25) is 0 Å². The van der Waals surface area contributed by atoms with Gasteiger partial charge in [-0.05, 0) is 40.6 Å². The SMILES string of the molecule is O=C(C=Cc1ccsc1)Nc1ccccc1C(=O)O. The summed E-state index contributed by atoms with van der Waals surface area (Å²) in [5.41, 5.74) is 1.29. The van der Waals surface area contributed by atoms with Gasteiger partial charge in [-0.25, -0.2) is 4.79 Å². The Morgan fingerprint density at radius 1 is 1.21 bits per heavy atom. The molecule has 0 spiro atoms. The van der Waals surface area contributed by atoms with Crippen LogP contribution in [0.1, 0.15) is 15.9 Å². The molecule has 1 amide bonds. The molecule has 19 heavy (non-hydrogen) atoms. The molecule has 2 N–H and O–H groups in total. The number of carboxylic acids is 1. The van der Waals surface area contributed by atoms with Crippen molar-refractivity contribution >= 4 is 35.0 Å². The minimum absolute atomic E-state index is 0.0692. The Bertz CT molecular complexity index is 617. The summed E-state index contributed by atoms with van der Waals surface area (Å²) in [6.07, 6.45) is 3.05. The molecular formula is C14H11NO3S. The maximum Gasteiger partial charge on any atom is 0.337 e. The Morgan fingerprint density at radius 2 is 2.00 bits per heavy atom. The van der Waals surface area contributed by atoms with Crippen LogP contribution in [-0.2, 0) is 4.79 Å². The van der Waals surface area contributed by atoms with E-state index in [4.69, 9.17) is 5.11 Å². The third-order valence-electron chi connectivity index (χ3n) is 2.39. The second-order valence-corrected chi connectivity index (χ2v) is 4.51. The molecule has 0 fully saturated rings. The molecule has 0 bridgehead atoms. The van der Waals surface area contributed by atoms with Crippen LogP contribution >= 0.6 is 11.3 Å². The lowest BCUT2D eigenvalue weighted by Crippen LogP contribution is -2.11. The van der Waals surface area contributed by atoms with Crippen LogP contribution < -0.4 is 5.32 Å². The van der Waals surface area contributed by atoms with Gasteiger partial charge in [0, 0.05) is 6.08 Å².